The number of hydrogen-bond donors (Lipinski definition) is 1. The Bertz CT molecular complexity index is 1140. The van der Waals surface area contributed by atoms with Crippen LogP contribution in [0.1, 0.15) is 33.3 Å². The van der Waals surface area contributed by atoms with Crippen LogP contribution in [0.25, 0.3) is 10.2 Å². The molecule has 0 radical (unpaired) electrons. The average molecular weight is 407 g/mol. The Balaban J connectivity index is 1.60. The third-order valence-electron chi connectivity index (χ3n) is 4.64. The second-order valence-electron chi connectivity index (χ2n) is 6.50. The molecule has 7 nitrogen and oxygen atoms in total. The fraction of sp³-hybridized carbons (Fsp3) is 0.238. The number of thiophene rings is 1. The normalized spacial score (nSPS) is 11.0. The lowest BCUT2D eigenvalue weighted by atomic mass is 10.1. The van der Waals surface area contributed by atoms with Crippen LogP contribution < -0.4 is 5.32 Å². The Morgan fingerprint density at radius 2 is 2.03 bits per heavy atom. The first-order valence-electron chi connectivity index (χ1n) is 9.36. The molecular formula is C21H21N5O2S. The van der Waals surface area contributed by atoms with Crippen LogP contribution in [0.4, 0.5) is 5.82 Å². The zero-order valence-electron chi connectivity index (χ0n) is 16.3. The van der Waals surface area contributed by atoms with Crippen molar-refractivity contribution in [2.75, 3.05) is 11.9 Å². The number of hydrogen-bond acceptors (Lipinski definition) is 7. The molecule has 0 unspecified atom stereocenters. The number of carbonyl (C=O) groups excluding carboxylic acids is 1. The summed E-state index contributed by atoms with van der Waals surface area (Å²) in [6.07, 6.45) is 5.24. The van der Waals surface area contributed by atoms with Crippen LogP contribution in [0.5, 0.6) is 0 Å². The fourth-order valence-corrected chi connectivity index (χ4v) is 4.27. The molecule has 4 aromatic rings. The predicted molar refractivity (Wildman–Crippen MR) is 113 cm³/mol. The minimum atomic E-state index is -0.316. The molecule has 0 fully saturated rings. The number of nitrogens with zero attached hydrogens (tertiary/aromatic N) is 4. The second-order valence-corrected chi connectivity index (χ2v) is 7.50. The average Bonchev–Trinajstić information content (AvgIpc) is 3.36. The highest BCUT2D eigenvalue weighted by Crippen LogP contribution is 2.34. The van der Waals surface area contributed by atoms with Crippen LogP contribution in [0.2, 0.25) is 0 Å². The molecular weight excluding hydrogens is 386 g/mol. The lowest BCUT2D eigenvalue weighted by Gasteiger charge is -2.12. The number of ether oxygens (including phenoxy) is 1. The van der Waals surface area contributed by atoms with Gasteiger partial charge in [-0.2, -0.15) is 5.10 Å². The smallest absolute Gasteiger partial charge is 0.348 e. The van der Waals surface area contributed by atoms with E-state index in [1.54, 1.807) is 13.1 Å². The molecule has 1 aromatic carbocycles. The van der Waals surface area contributed by atoms with Crippen molar-refractivity contribution in [2.45, 2.75) is 26.9 Å². The molecule has 4 rings (SSSR count). The first-order valence-corrected chi connectivity index (χ1v) is 10.2. The van der Waals surface area contributed by atoms with Gasteiger partial charge in [-0.05, 0) is 36.6 Å². The summed E-state index contributed by atoms with van der Waals surface area (Å²) in [5.74, 6) is 0.400. The lowest BCUT2D eigenvalue weighted by molar-refractivity contribution is 0.0531. The largest absolute Gasteiger partial charge is 0.462 e. The summed E-state index contributed by atoms with van der Waals surface area (Å²) in [7, 11) is 0. The van der Waals surface area contributed by atoms with Crippen LogP contribution in [-0.2, 0) is 17.8 Å². The van der Waals surface area contributed by atoms with Gasteiger partial charge in [0.1, 0.15) is 21.9 Å². The molecule has 0 aliphatic rings. The lowest BCUT2D eigenvalue weighted by Crippen LogP contribution is -2.08. The van der Waals surface area contributed by atoms with E-state index in [0.717, 1.165) is 21.3 Å². The van der Waals surface area contributed by atoms with Crippen molar-refractivity contribution in [3.05, 3.63) is 70.6 Å². The first kappa shape index (κ1) is 19.1. The zero-order valence-corrected chi connectivity index (χ0v) is 17.1. The second kappa shape index (κ2) is 8.40. The summed E-state index contributed by atoms with van der Waals surface area (Å²) in [6, 6.07) is 10.2. The van der Waals surface area contributed by atoms with Crippen LogP contribution in [0.3, 0.4) is 0 Å². The van der Waals surface area contributed by atoms with E-state index in [2.05, 4.69) is 32.5 Å². The number of rotatable bonds is 7. The van der Waals surface area contributed by atoms with Gasteiger partial charge in [-0.15, -0.1) is 11.3 Å². The van der Waals surface area contributed by atoms with Crippen LogP contribution in [-0.4, -0.2) is 32.3 Å². The van der Waals surface area contributed by atoms with Gasteiger partial charge in [0.15, 0.2) is 0 Å². The molecule has 8 heteroatoms. The minimum absolute atomic E-state index is 0.316. The van der Waals surface area contributed by atoms with Crippen molar-refractivity contribution >= 4 is 33.3 Å². The topological polar surface area (TPSA) is 81.9 Å². The van der Waals surface area contributed by atoms with Gasteiger partial charge in [0, 0.05) is 18.9 Å². The van der Waals surface area contributed by atoms with E-state index in [-0.39, 0.29) is 5.97 Å². The van der Waals surface area contributed by atoms with Gasteiger partial charge in [-0.3, -0.25) is 4.68 Å². The van der Waals surface area contributed by atoms with Gasteiger partial charge in [0.2, 0.25) is 0 Å². The van der Waals surface area contributed by atoms with Crippen molar-refractivity contribution in [3.63, 3.8) is 0 Å². The van der Waals surface area contributed by atoms with Gasteiger partial charge < -0.3 is 10.1 Å². The number of carbonyl (C=O) groups is 1. The Hall–Kier alpha value is -3.26. The number of benzene rings is 1. The van der Waals surface area contributed by atoms with Crippen LogP contribution >= 0.6 is 11.3 Å². The number of fused-ring (bicyclic) bond motifs is 1. The van der Waals surface area contributed by atoms with E-state index >= 15 is 0 Å². The number of aryl methyl sites for hydroxylation is 1. The quantitative estimate of drug-likeness (QED) is 0.466. The Kier molecular flexibility index (Phi) is 5.53. The molecule has 0 amide bonds. The Morgan fingerprint density at radius 1 is 1.21 bits per heavy atom. The number of anilines is 1. The highest BCUT2D eigenvalue weighted by Gasteiger charge is 2.20. The summed E-state index contributed by atoms with van der Waals surface area (Å²) < 4.78 is 7.07. The third-order valence-corrected chi connectivity index (χ3v) is 5.82. The molecule has 0 aliphatic heterocycles. The van der Waals surface area contributed by atoms with E-state index in [0.29, 0.717) is 30.4 Å². The summed E-state index contributed by atoms with van der Waals surface area (Å²) in [5, 5.41) is 8.58. The van der Waals surface area contributed by atoms with Gasteiger partial charge in [0.05, 0.1) is 18.5 Å². The van der Waals surface area contributed by atoms with E-state index in [9.17, 15) is 4.79 Å². The maximum absolute atomic E-state index is 12.2. The van der Waals surface area contributed by atoms with Crippen molar-refractivity contribution in [1.29, 1.82) is 0 Å². The van der Waals surface area contributed by atoms with Crippen molar-refractivity contribution < 1.29 is 9.53 Å². The van der Waals surface area contributed by atoms with Gasteiger partial charge in [-0.25, -0.2) is 14.8 Å². The molecule has 1 N–H and O–H groups in total. The minimum Gasteiger partial charge on any atom is -0.462 e. The van der Waals surface area contributed by atoms with Crippen LogP contribution in [0.15, 0.2) is 49.1 Å². The monoisotopic (exact) mass is 407 g/mol. The first-order chi connectivity index (χ1) is 14.2. The molecule has 3 heterocycles. The molecule has 0 aliphatic carbocycles. The molecule has 3 aromatic heterocycles. The molecule has 29 heavy (non-hydrogen) atoms. The summed E-state index contributed by atoms with van der Waals surface area (Å²) in [4.78, 5) is 22.3. The summed E-state index contributed by atoms with van der Waals surface area (Å²) in [6.45, 7) is 5.36. The van der Waals surface area contributed by atoms with E-state index in [4.69, 9.17) is 4.74 Å². The Morgan fingerprint density at radius 3 is 2.79 bits per heavy atom. The number of nitrogens with one attached hydrogen (secondary N) is 1. The standard InChI is InChI=1S/C21H21N5O2S/c1-3-28-21(27)18-14(2)17-19(23-13-24-20(17)29-18)22-11-15-7-4-5-8-16(15)12-26-10-6-9-25-26/h4-10,13H,3,11-12H2,1-2H3,(H,22,23,24). The van der Waals surface area contributed by atoms with Crippen LogP contribution in [0, 0.1) is 6.92 Å². The van der Waals surface area contributed by atoms with Gasteiger partial charge in [0.25, 0.3) is 0 Å². The highest BCUT2D eigenvalue weighted by atomic mass is 32.1. The zero-order chi connectivity index (χ0) is 20.2. The molecule has 0 spiro atoms. The summed E-state index contributed by atoms with van der Waals surface area (Å²) in [5.41, 5.74) is 3.19. The number of esters is 1. The summed E-state index contributed by atoms with van der Waals surface area (Å²) >= 11 is 1.34. The molecule has 148 valence electrons. The third kappa shape index (κ3) is 3.97. The van der Waals surface area contributed by atoms with Gasteiger partial charge >= 0.3 is 5.97 Å². The fourth-order valence-electron chi connectivity index (χ4n) is 3.23. The molecule has 0 atom stereocenters. The van der Waals surface area contributed by atoms with Gasteiger partial charge in [-0.1, -0.05) is 24.3 Å². The Labute approximate surface area is 172 Å². The molecule has 0 bridgehead atoms. The van der Waals surface area contributed by atoms with E-state index in [1.807, 2.05) is 36.0 Å². The molecule has 0 saturated heterocycles. The van der Waals surface area contributed by atoms with E-state index < -0.39 is 0 Å². The van der Waals surface area contributed by atoms with Crippen molar-refractivity contribution in [3.8, 4) is 0 Å². The van der Waals surface area contributed by atoms with Crippen molar-refractivity contribution in [2.24, 2.45) is 0 Å². The predicted octanol–water partition coefficient (Wildman–Crippen LogP) is 4.03. The SMILES string of the molecule is CCOC(=O)c1sc2ncnc(NCc3ccccc3Cn3cccn3)c2c1C. The maximum atomic E-state index is 12.2. The maximum Gasteiger partial charge on any atom is 0.348 e. The van der Waals surface area contributed by atoms with Crippen molar-refractivity contribution in [1.82, 2.24) is 19.7 Å². The number of aromatic nitrogens is 4. The van der Waals surface area contributed by atoms with E-state index in [1.165, 1.54) is 23.2 Å². The highest BCUT2D eigenvalue weighted by molar-refractivity contribution is 7.20. The molecule has 0 saturated carbocycles.